The monoisotopic (exact) mass is 1040 g/mol. The lowest BCUT2D eigenvalue weighted by molar-refractivity contribution is -0.298. The number of aliphatic hydroxyl groups is 4. The van der Waals surface area contributed by atoms with Crippen LogP contribution in [0.15, 0.2) is 24.3 Å². The summed E-state index contributed by atoms with van der Waals surface area (Å²) in [6, 6.07) is -0.942. The number of hydrogen-bond acceptors (Lipinski definition) is 10. The lowest BCUT2D eigenvalue weighted by atomic mass is 9.99. The number of hydrogen-bond donors (Lipinski definition) is 6. The third-order valence-corrected chi connectivity index (χ3v) is 14.9. The van der Waals surface area contributed by atoms with E-state index < -0.39 is 59.9 Å². The van der Waals surface area contributed by atoms with E-state index in [0.717, 1.165) is 38.5 Å². The largest absolute Gasteiger partial charge is 0.397 e. The van der Waals surface area contributed by atoms with Crippen LogP contribution in [-0.2, 0) is 28.9 Å². The van der Waals surface area contributed by atoms with Crippen LogP contribution in [-0.4, -0.2) is 95.4 Å². The molecule has 0 aliphatic carbocycles. The normalized spacial score (nSPS) is 19.5. The molecule has 1 fully saturated rings. The number of carbonyl (C=O) groups excluding carboxylic acids is 1. The zero-order valence-corrected chi connectivity index (χ0v) is 47.1. The van der Waals surface area contributed by atoms with Gasteiger partial charge in [0, 0.05) is 6.42 Å². The second-order valence-electron chi connectivity index (χ2n) is 21.3. The number of aliphatic hydroxyl groups excluding tert-OH is 4. The van der Waals surface area contributed by atoms with E-state index in [1.165, 1.54) is 225 Å². The van der Waals surface area contributed by atoms with Gasteiger partial charge in [-0.1, -0.05) is 263 Å². The lowest BCUT2D eigenvalue weighted by Gasteiger charge is -2.41. The van der Waals surface area contributed by atoms with Crippen LogP contribution in [0.3, 0.4) is 0 Å². The summed E-state index contributed by atoms with van der Waals surface area (Å²) in [5.74, 6) is -0.258. The predicted octanol–water partition coefficient (Wildman–Crippen LogP) is 14.4. The first-order chi connectivity index (χ1) is 35.0. The lowest BCUT2D eigenvalue weighted by Crippen LogP contribution is -2.61. The molecule has 426 valence electrons. The quantitative estimate of drug-likeness (QED) is 0.0193. The number of ether oxygens (including phenoxy) is 2. The van der Waals surface area contributed by atoms with Crippen molar-refractivity contribution in [2.45, 2.75) is 333 Å². The van der Waals surface area contributed by atoms with Crippen LogP contribution in [0.1, 0.15) is 290 Å². The highest BCUT2D eigenvalue weighted by molar-refractivity contribution is 7.80. The van der Waals surface area contributed by atoms with Crippen LogP contribution in [0.25, 0.3) is 0 Å². The second-order valence-corrected chi connectivity index (χ2v) is 22.3. The Morgan fingerprint density at radius 2 is 0.889 bits per heavy atom. The van der Waals surface area contributed by atoms with Gasteiger partial charge in [0.05, 0.1) is 25.4 Å². The topological polar surface area (TPSA) is 192 Å². The molecule has 12 nitrogen and oxygen atoms in total. The van der Waals surface area contributed by atoms with Gasteiger partial charge in [0.2, 0.25) is 5.91 Å². The SMILES string of the molecule is CCCCCCCCCCCCCC/C=C\CCCCCCCCCCCCCCCCCC(=O)NC(COC1OC(CO)C(O)C(OS(=O)(=O)O)C1O)C(O)/C=C/CCCCCCCCCCCCCC. The van der Waals surface area contributed by atoms with Gasteiger partial charge in [-0.2, -0.15) is 8.42 Å². The highest BCUT2D eigenvalue weighted by Crippen LogP contribution is 2.26. The molecule has 0 radical (unpaired) electrons. The zero-order chi connectivity index (χ0) is 52.6. The maximum atomic E-state index is 13.1. The fourth-order valence-electron chi connectivity index (χ4n) is 9.81. The Hall–Kier alpha value is -1.42. The molecule has 6 N–H and O–H groups in total. The van der Waals surface area contributed by atoms with Crippen molar-refractivity contribution in [3.8, 4) is 0 Å². The third-order valence-electron chi connectivity index (χ3n) is 14.5. The third kappa shape index (κ3) is 40.8. The van der Waals surface area contributed by atoms with Gasteiger partial charge < -0.3 is 35.2 Å². The highest BCUT2D eigenvalue weighted by Gasteiger charge is 2.48. The Labute approximate surface area is 442 Å². The van der Waals surface area contributed by atoms with Crippen molar-refractivity contribution in [3.63, 3.8) is 0 Å². The first-order valence-corrected chi connectivity index (χ1v) is 31.6. The van der Waals surface area contributed by atoms with Gasteiger partial charge in [-0.05, 0) is 44.9 Å². The van der Waals surface area contributed by atoms with Crippen molar-refractivity contribution in [1.29, 1.82) is 0 Å². The minimum Gasteiger partial charge on any atom is -0.394 e. The molecule has 0 bridgehead atoms. The van der Waals surface area contributed by atoms with Gasteiger partial charge in [-0.15, -0.1) is 0 Å². The number of allylic oxidation sites excluding steroid dienone is 3. The molecule has 1 amide bonds. The molecule has 0 aromatic carbocycles. The van der Waals surface area contributed by atoms with Crippen LogP contribution in [0.2, 0.25) is 0 Å². The molecule has 72 heavy (non-hydrogen) atoms. The molecule has 1 aliphatic rings. The summed E-state index contributed by atoms with van der Waals surface area (Å²) in [5, 5.41) is 44.9. The van der Waals surface area contributed by atoms with Crippen LogP contribution < -0.4 is 5.32 Å². The molecule has 0 saturated carbocycles. The van der Waals surface area contributed by atoms with Crippen molar-refractivity contribution in [3.05, 3.63) is 24.3 Å². The molecule has 1 heterocycles. The van der Waals surface area contributed by atoms with Crippen molar-refractivity contribution < 1.29 is 51.8 Å². The smallest absolute Gasteiger partial charge is 0.394 e. The summed E-state index contributed by atoms with van der Waals surface area (Å²) in [6.45, 7) is 3.42. The standard InChI is InChI=1S/C59H113NO11S/c1-3-5-7-9-11-13-15-17-19-20-21-22-23-24-25-26-27-28-29-30-31-32-33-34-35-37-39-41-43-45-47-49-55(63)60-52(51-69-59-57(65)58(71-72(66,67)68)56(64)54(50-61)70-59)53(62)48-46-44-42-40-38-36-18-16-14-12-10-8-6-4-2/h24-25,46,48,52-54,56-59,61-62,64-65H,3-23,26-45,47,49-51H2,1-2H3,(H,60,63)(H,66,67,68)/b25-24-,48-46+. The fraction of sp³-hybridized carbons (Fsp3) is 0.915. The van der Waals surface area contributed by atoms with Gasteiger partial charge in [-0.3, -0.25) is 9.35 Å². The van der Waals surface area contributed by atoms with Gasteiger partial charge in [-0.25, -0.2) is 4.18 Å². The predicted molar refractivity (Wildman–Crippen MR) is 296 cm³/mol. The van der Waals surface area contributed by atoms with Gasteiger partial charge in [0.1, 0.15) is 24.4 Å². The van der Waals surface area contributed by atoms with E-state index in [1.54, 1.807) is 6.08 Å². The van der Waals surface area contributed by atoms with Gasteiger partial charge in [0.25, 0.3) is 0 Å². The Balaban J connectivity index is 2.25. The Bertz CT molecular complexity index is 1370. The summed E-state index contributed by atoms with van der Waals surface area (Å²) in [7, 11) is -5.09. The van der Waals surface area contributed by atoms with Crippen LogP contribution >= 0.6 is 0 Å². The summed E-state index contributed by atoms with van der Waals surface area (Å²) in [4.78, 5) is 13.1. The molecular formula is C59H113NO11S. The highest BCUT2D eigenvalue weighted by atomic mass is 32.3. The Morgan fingerprint density at radius 1 is 0.542 bits per heavy atom. The molecule has 7 atom stereocenters. The maximum absolute atomic E-state index is 13.1. The van der Waals surface area contributed by atoms with E-state index in [-0.39, 0.29) is 18.9 Å². The van der Waals surface area contributed by atoms with Crippen LogP contribution in [0, 0.1) is 0 Å². The molecule has 1 saturated heterocycles. The van der Waals surface area contributed by atoms with E-state index >= 15 is 0 Å². The molecular weight excluding hydrogens is 931 g/mol. The average molecular weight is 1040 g/mol. The van der Waals surface area contributed by atoms with E-state index in [0.29, 0.717) is 6.42 Å². The molecule has 13 heteroatoms. The molecule has 0 spiro atoms. The van der Waals surface area contributed by atoms with Crippen LogP contribution in [0.4, 0.5) is 0 Å². The zero-order valence-electron chi connectivity index (χ0n) is 46.3. The Kier molecular flexibility index (Phi) is 46.8. The molecule has 7 unspecified atom stereocenters. The van der Waals surface area contributed by atoms with E-state index in [4.69, 9.17) is 9.47 Å². The first kappa shape index (κ1) is 68.6. The van der Waals surface area contributed by atoms with Crippen LogP contribution in [0.5, 0.6) is 0 Å². The maximum Gasteiger partial charge on any atom is 0.397 e. The number of nitrogens with one attached hydrogen (secondary N) is 1. The summed E-state index contributed by atoms with van der Waals surface area (Å²) >= 11 is 0. The number of unbranched alkanes of at least 4 members (excludes halogenated alkanes) is 39. The minimum absolute atomic E-state index is 0.258. The average Bonchev–Trinajstić information content (AvgIpc) is 3.36. The molecule has 1 rings (SSSR count). The van der Waals surface area contributed by atoms with E-state index in [9.17, 15) is 38.2 Å². The van der Waals surface area contributed by atoms with Crippen molar-refractivity contribution >= 4 is 16.3 Å². The Morgan fingerprint density at radius 3 is 1.25 bits per heavy atom. The molecule has 0 aromatic heterocycles. The molecule has 1 aliphatic heterocycles. The van der Waals surface area contributed by atoms with Gasteiger partial charge in [0.15, 0.2) is 6.29 Å². The minimum atomic E-state index is -5.09. The summed E-state index contributed by atoms with van der Waals surface area (Å²) in [6.07, 6.45) is 52.4. The second kappa shape index (κ2) is 49.2. The molecule has 0 aromatic rings. The van der Waals surface area contributed by atoms with E-state index in [2.05, 4.69) is 35.5 Å². The number of amides is 1. The van der Waals surface area contributed by atoms with E-state index in [1.807, 2.05) is 6.08 Å². The summed E-state index contributed by atoms with van der Waals surface area (Å²) < 4.78 is 47.8. The fourth-order valence-corrected chi connectivity index (χ4v) is 10.3. The van der Waals surface area contributed by atoms with Crippen molar-refractivity contribution in [2.75, 3.05) is 13.2 Å². The number of carbonyl (C=O) groups is 1. The van der Waals surface area contributed by atoms with Crippen molar-refractivity contribution in [2.24, 2.45) is 0 Å². The van der Waals surface area contributed by atoms with Crippen molar-refractivity contribution in [1.82, 2.24) is 5.32 Å². The first-order valence-electron chi connectivity index (χ1n) is 30.2. The number of rotatable bonds is 53. The van der Waals surface area contributed by atoms with Gasteiger partial charge >= 0.3 is 10.4 Å². The summed E-state index contributed by atoms with van der Waals surface area (Å²) in [5.41, 5.74) is 0.